The first-order valence-electron chi connectivity index (χ1n) is 8.55. The van der Waals surface area contributed by atoms with E-state index in [1.807, 2.05) is 3.88 Å². The molecule has 0 aliphatic heterocycles. The number of fused-ring (bicyclic) bond motifs is 1. The van der Waals surface area contributed by atoms with Crippen molar-refractivity contribution in [2.24, 2.45) is 0 Å². The van der Waals surface area contributed by atoms with Gasteiger partial charge in [-0.05, 0) is 0 Å². The van der Waals surface area contributed by atoms with Crippen LogP contribution in [0.1, 0.15) is 61.8 Å². The molecule has 128 valence electrons. The van der Waals surface area contributed by atoms with Gasteiger partial charge in [-0.3, -0.25) is 0 Å². The number of hydrogen-bond donors (Lipinski definition) is 0. The van der Waals surface area contributed by atoms with Gasteiger partial charge in [-0.25, -0.2) is 0 Å². The summed E-state index contributed by atoms with van der Waals surface area (Å²) in [5.41, 5.74) is 4.70. The van der Waals surface area contributed by atoms with Crippen molar-refractivity contribution in [3.63, 3.8) is 0 Å². The smallest absolute Gasteiger partial charge is 1.00 e. The number of hydrogen-bond acceptors (Lipinski definition) is 0. The fraction of sp³-hybridized carbons (Fsp3) is 0.381. The monoisotopic (exact) mass is 396 g/mol. The van der Waals surface area contributed by atoms with E-state index in [-0.39, 0.29) is 24.8 Å². The summed E-state index contributed by atoms with van der Waals surface area (Å²) in [4.78, 5) is 0. The van der Waals surface area contributed by atoms with Gasteiger partial charge in [0.1, 0.15) is 0 Å². The molecule has 3 rings (SSSR count). The van der Waals surface area contributed by atoms with E-state index in [2.05, 4.69) is 69.3 Å². The molecule has 0 saturated heterocycles. The average Bonchev–Trinajstić information content (AvgIpc) is 3.13. The van der Waals surface area contributed by atoms with Crippen LogP contribution in [0, 0.1) is 0 Å². The Morgan fingerprint density at radius 1 is 1.12 bits per heavy atom. The summed E-state index contributed by atoms with van der Waals surface area (Å²) < 4.78 is 4.23. The van der Waals surface area contributed by atoms with Gasteiger partial charge >= 0.3 is 141 Å². The Kier molecular flexibility index (Phi) is 8.95. The van der Waals surface area contributed by atoms with Gasteiger partial charge in [-0.15, -0.1) is 0 Å². The average molecular weight is 397 g/mol. The van der Waals surface area contributed by atoms with Crippen molar-refractivity contribution in [2.75, 3.05) is 0 Å². The first-order chi connectivity index (χ1) is 10.7. The Morgan fingerprint density at radius 3 is 2.58 bits per heavy atom. The fourth-order valence-corrected chi connectivity index (χ4v) is 8.98. The molecule has 1 unspecified atom stereocenters. The van der Waals surface area contributed by atoms with E-state index in [9.17, 15) is 0 Å². The van der Waals surface area contributed by atoms with E-state index in [1.54, 1.807) is 14.9 Å². The Balaban J connectivity index is 0.00000144. The molecular formula is C21H26Cl2Ti. The first kappa shape index (κ1) is 21.6. The first-order valence-corrected chi connectivity index (χ1v) is 11.0. The second-order valence-electron chi connectivity index (χ2n) is 6.59. The van der Waals surface area contributed by atoms with Crippen LogP contribution in [-0.2, 0) is 17.4 Å². The topological polar surface area (TPSA) is 0 Å². The third-order valence-corrected chi connectivity index (χ3v) is 10.1. The van der Waals surface area contributed by atoms with Crippen LogP contribution in [0.15, 0.2) is 51.9 Å². The molecule has 1 atom stereocenters. The molecule has 2 aliphatic rings. The molecule has 0 bridgehead atoms. The van der Waals surface area contributed by atoms with Gasteiger partial charge in [0, 0.05) is 0 Å². The molecule has 3 heteroatoms. The minimum absolute atomic E-state index is 0. The Morgan fingerprint density at radius 2 is 1.88 bits per heavy atom. The summed E-state index contributed by atoms with van der Waals surface area (Å²) in [6, 6.07) is 8.99. The molecule has 0 heterocycles. The number of halogens is 2. The number of benzene rings is 1. The van der Waals surface area contributed by atoms with Gasteiger partial charge in [0.15, 0.2) is 0 Å². The van der Waals surface area contributed by atoms with E-state index >= 15 is 0 Å². The second-order valence-corrected chi connectivity index (χ2v) is 11.4. The summed E-state index contributed by atoms with van der Waals surface area (Å²) in [5, 5.41) is 0. The van der Waals surface area contributed by atoms with Crippen LogP contribution in [0.4, 0.5) is 0 Å². The zero-order valence-electron chi connectivity index (χ0n) is 14.8. The minimum Gasteiger partial charge on any atom is -1.00 e. The van der Waals surface area contributed by atoms with Crippen LogP contribution >= 0.6 is 0 Å². The maximum atomic E-state index is 2.50. The summed E-state index contributed by atoms with van der Waals surface area (Å²) in [6.07, 6.45) is 14.8. The zero-order chi connectivity index (χ0) is 15.5. The number of rotatable bonds is 5. The molecule has 0 N–H and O–H groups in total. The standard InChI is InChI=1S/C9H7.C9H13.C3H6.2ClH.Ti/c1-2-5-9-7-3-6-8(9)4-1;1-2-3-6-9-7-4-5-8-9;1-3-2;;;/h1-7H;4,7H,2-3,5-6H2,1H3;1-2H3;2*1H;/q;;;;;+2/p-2. The van der Waals surface area contributed by atoms with Crippen LogP contribution in [0.25, 0.3) is 6.08 Å². The summed E-state index contributed by atoms with van der Waals surface area (Å²) in [7, 11) is 0. The van der Waals surface area contributed by atoms with Crippen LogP contribution in [0.3, 0.4) is 0 Å². The van der Waals surface area contributed by atoms with E-state index < -0.39 is 17.4 Å². The molecule has 0 amide bonds. The van der Waals surface area contributed by atoms with Crippen LogP contribution in [0.2, 0.25) is 0 Å². The molecule has 0 aromatic heterocycles. The molecule has 24 heavy (non-hydrogen) atoms. The molecule has 0 fully saturated rings. The minimum atomic E-state index is -1.43. The molecule has 0 nitrogen and oxygen atoms in total. The third-order valence-electron chi connectivity index (χ3n) is 4.80. The van der Waals surface area contributed by atoms with E-state index in [0.717, 1.165) is 0 Å². The largest absolute Gasteiger partial charge is 1.00 e. The van der Waals surface area contributed by atoms with Gasteiger partial charge in [-0.2, -0.15) is 0 Å². The Hall–Kier alpha value is -0.396. The number of unbranched alkanes of at least 4 members (excludes halogenated alkanes) is 1. The normalized spacial score (nSPS) is 17.0. The van der Waals surface area contributed by atoms with Crippen molar-refractivity contribution in [1.29, 1.82) is 0 Å². The number of allylic oxidation sites excluding steroid dienone is 5. The van der Waals surface area contributed by atoms with Crippen LogP contribution in [0.5, 0.6) is 0 Å². The molecule has 1 aromatic carbocycles. The van der Waals surface area contributed by atoms with Gasteiger partial charge in [-0.1, -0.05) is 0 Å². The van der Waals surface area contributed by atoms with Crippen molar-refractivity contribution >= 4 is 9.89 Å². The van der Waals surface area contributed by atoms with Crippen molar-refractivity contribution in [3.05, 3.63) is 63.1 Å². The quantitative estimate of drug-likeness (QED) is 0.614. The molecule has 2 aliphatic carbocycles. The van der Waals surface area contributed by atoms with Gasteiger partial charge in [0.25, 0.3) is 0 Å². The maximum Gasteiger partial charge on any atom is -1.00 e. The maximum absolute atomic E-state index is 2.50. The molecular weight excluding hydrogens is 371 g/mol. The molecule has 0 radical (unpaired) electrons. The van der Waals surface area contributed by atoms with Gasteiger partial charge < -0.3 is 24.8 Å². The second kappa shape index (κ2) is 9.92. The molecule has 0 saturated carbocycles. The van der Waals surface area contributed by atoms with Crippen molar-refractivity contribution in [3.8, 4) is 0 Å². The van der Waals surface area contributed by atoms with Gasteiger partial charge in [0.05, 0.1) is 0 Å². The van der Waals surface area contributed by atoms with E-state index in [4.69, 9.17) is 0 Å². The zero-order valence-corrected chi connectivity index (χ0v) is 17.9. The van der Waals surface area contributed by atoms with E-state index in [1.165, 1.54) is 31.2 Å². The Labute approximate surface area is 165 Å². The SMILES string of the molecule is CCCCC1=[C]([Ti+2](=[C](C)C)[CH]2C=Cc3ccccc32)CC=C1.[Cl-].[Cl-]. The predicted molar refractivity (Wildman–Crippen MR) is 94.9 cm³/mol. The fourth-order valence-electron chi connectivity index (χ4n) is 3.74. The van der Waals surface area contributed by atoms with Crippen molar-refractivity contribution in [2.45, 2.75) is 50.7 Å². The van der Waals surface area contributed by atoms with Crippen LogP contribution < -0.4 is 24.8 Å². The molecule has 1 aromatic rings. The van der Waals surface area contributed by atoms with Crippen molar-refractivity contribution < 1.29 is 42.2 Å². The van der Waals surface area contributed by atoms with Gasteiger partial charge in [0.2, 0.25) is 0 Å². The van der Waals surface area contributed by atoms with E-state index in [0.29, 0.717) is 4.22 Å². The predicted octanol–water partition coefficient (Wildman–Crippen LogP) is -0.00290. The molecule has 0 spiro atoms. The summed E-state index contributed by atoms with van der Waals surface area (Å²) in [6.45, 7) is 7.06. The third kappa shape index (κ3) is 4.41. The Bertz CT molecular complexity index is 692. The van der Waals surface area contributed by atoms with Crippen molar-refractivity contribution in [1.82, 2.24) is 0 Å². The summed E-state index contributed by atoms with van der Waals surface area (Å²) >= 11 is -1.43. The summed E-state index contributed by atoms with van der Waals surface area (Å²) in [5.74, 6) is 0. The van der Waals surface area contributed by atoms with Crippen LogP contribution in [-0.4, -0.2) is 3.81 Å².